The van der Waals surface area contributed by atoms with E-state index in [1.807, 2.05) is 0 Å². The van der Waals surface area contributed by atoms with E-state index in [0.717, 1.165) is 29.6 Å². The van der Waals surface area contributed by atoms with Crippen LogP contribution in [0.1, 0.15) is 41.0 Å². The summed E-state index contributed by atoms with van der Waals surface area (Å²) in [5.74, 6) is 4.63. The minimum absolute atomic E-state index is 0.650. The summed E-state index contributed by atoms with van der Waals surface area (Å²) in [6.45, 7) is 15.9. The Hall–Kier alpha value is -0.780. The SMILES string of the molecule is C=C(C=CC(C)C(C)C1C=C1C)C1CC1C(C)C. The number of hydrogen-bond donors (Lipinski definition) is 0. The van der Waals surface area contributed by atoms with Gasteiger partial charge in [-0.15, -0.1) is 0 Å². The van der Waals surface area contributed by atoms with Crippen molar-refractivity contribution >= 4 is 0 Å². The molecule has 0 N–H and O–H groups in total. The van der Waals surface area contributed by atoms with Gasteiger partial charge in [0.2, 0.25) is 0 Å². The number of rotatable bonds is 6. The normalized spacial score (nSPS) is 33.4. The van der Waals surface area contributed by atoms with Crippen molar-refractivity contribution in [3.8, 4) is 0 Å². The van der Waals surface area contributed by atoms with E-state index < -0.39 is 0 Å². The molecule has 0 bridgehead atoms. The van der Waals surface area contributed by atoms with Crippen molar-refractivity contribution in [3.63, 3.8) is 0 Å². The summed E-state index contributed by atoms with van der Waals surface area (Å²) in [6.07, 6.45) is 8.42. The highest BCUT2D eigenvalue weighted by molar-refractivity contribution is 5.29. The van der Waals surface area contributed by atoms with Crippen molar-refractivity contribution in [2.45, 2.75) is 41.0 Å². The molecule has 5 unspecified atom stereocenters. The van der Waals surface area contributed by atoms with Gasteiger partial charge in [-0.05, 0) is 42.9 Å². The van der Waals surface area contributed by atoms with Gasteiger partial charge in [-0.25, -0.2) is 0 Å². The lowest BCUT2D eigenvalue weighted by Gasteiger charge is -2.16. The molecule has 1 saturated carbocycles. The Labute approximate surface area is 113 Å². The van der Waals surface area contributed by atoms with E-state index in [4.69, 9.17) is 0 Å². The lowest BCUT2D eigenvalue weighted by atomic mass is 9.88. The van der Waals surface area contributed by atoms with Gasteiger partial charge < -0.3 is 0 Å². The average Bonchev–Trinajstić information content (AvgIpc) is 3.18. The molecule has 100 valence electrons. The van der Waals surface area contributed by atoms with Gasteiger partial charge in [0.1, 0.15) is 0 Å². The largest absolute Gasteiger partial charge is 0.0955 e. The predicted molar refractivity (Wildman–Crippen MR) is 80.3 cm³/mol. The highest BCUT2D eigenvalue weighted by atomic mass is 14.4. The average molecular weight is 244 g/mol. The molecule has 2 aliphatic carbocycles. The topological polar surface area (TPSA) is 0 Å². The fraction of sp³-hybridized carbons (Fsp3) is 0.667. The van der Waals surface area contributed by atoms with Crippen molar-refractivity contribution < 1.29 is 0 Å². The molecule has 0 nitrogen and oxygen atoms in total. The van der Waals surface area contributed by atoms with Gasteiger partial charge in [0, 0.05) is 5.92 Å². The van der Waals surface area contributed by atoms with Crippen LogP contribution in [0.25, 0.3) is 0 Å². The van der Waals surface area contributed by atoms with Crippen LogP contribution in [-0.4, -0.2) is 0 Å². The van der Waals surface area contributed by atoms with E-state index in [9.17, 15) is 0 Å². The van der Waals surface area contributed by atoms with Gasteiger partial charge in [-0.2, -0.15) is 0 Å². The molecule has 0 amide bonds. The minimum atomic E-state index is 0.650. The molecule has 0 aromatic heterocycles. The van der Waals surface area contributed by atoms with Gasteiger partial charge in [0.15, 0.2) is 0 Å². The molecule has 2 aliphatic rings. The first kappa shape index (κ1) is 13.6. The zero-order valence-electron chi connectivity index (χ0n) is 12.6. The smallest absolute Gasteiger partial charge is 0.000813 e. The molecule has 0 aliphatic heterocycles. The van der Waals surface area contributed by atoms with Gasteiger partial charge in [0.25, 0.3) is 0 Å². The second-order valence-electron chi connectivity index (χ2n) is 6.84. The number of allylic oxidation sites excluding steroid dienone is 5. The molecule has 18 heavy (non-hydrogen) atoms. The van der Waals surface area contributed by atoms with E-state index >= 15 is 0 Å². The first-order valence-electron chi connectivity index (χ1n) is 7.47. The summed E-state index contributed by atoms with van der Waals surface area (Å²) >= 11 is 0. The van der Waals surface area contributed by atoms with E-state index in [2.05, 4.69) is 59.4 Å². The van der Waals surface area contributed by atoms with Crippen molar-refractivity contribution in [2.75, 3.05) is 0 Å². The zero-order valence-corrected chi connectivity index (χ0v) is 12.6. The summed E-state index contributed by atoms with van der Waals surface area (Å²) < 4.78 is 0. The van der Waals surface area contributed by atoms with E-state index in [0.29, 0.717) is 5.92 Å². The van der Waals surface area contributed by atoms with Gasteiger partial charge >= 0.3 is 0 Å². The third-order valence-corrected chi connectivity index (χ3v) is 5.04. The molecular weight excluding hydrogens is 216 g/mol. The molecular formula is C18H28. The van der Waals surface area contributed by atoms with Crippen molar-refractivity contribution in [2.24, 2.45) is 35.5 Å². The van der Waals surface area contributed by atoms with Crippen LogP contribution in [0.3, 0.4) is 0 Å². The summed E-state index contributed by atoms with van der Waals surface area (Å²) in [5, 5.41) is 0. The second-order valence-corrected chi connectivity index (χ2v) is 6.84. The zero-order chi connectivity index (χ0) is 13.4. The Balaban J connectivity index is 1.79. The molecule has 0 saturated heterocycles. The standard InChI is InChI=1S/C18H28/c1-11(2)16-10-18(16)13(4)8-7-12(3)15(6)17-9-14(17)5/h7-9,11-12,15-18H,4,10H2,1-3,5-6H3. The van der Waals surface area contributed by atoms with Crippen LogP contribution in [0.15, 0.2) is 36.0 Å². The Morgan fingerprint density at radius 2 is 1.94 bits per heavy atom. The molecule has 0 aromatic carbocycles. The van der Waals surface area contributed by atoms with E-state index in [-0.39, 0.29) is 0 Å². The molecule has 0 spiro atoms. The fourth-order valence-electron chi connectivity index (χ4n) is 3.08. The van der Waals surface area contributed by atoms with Crippen LogP contribution in [0, 0.1) is 35.5 Å². The monoisotopic (exact) mass is 244 g/mol. The highest BCUT2D eigenvalue weighted by Crippen LogP contribution is 2.48. The van der Waals surface area contributed by atoms with Crippen LogP contribution in [-0.2, 0) is 0 Å². The predicted octanol–water partition coefficient (Wildman–Crippen LogP) is 5.24. The van der Waals surface area contributed by atoms with Crippen LogP contribution in [0.5, 0.6) is 0 Å². The molecule has 0 heteroatoms. The van der Waals surface area contributed by atoms with Crippen LogP contribution < -0.4 is 0 Å². The van der Waals surface area contributed by atoms with Crippen LogP contribution >= 0.6 is 0 Å². The lowest BCUT2D eigenvalue weighted by Crippen LogP contribution is -2.09. The number of hydrogen-bond acceptors (Lipinski definition) is 0. The first-order chi connectivity index (χ1) is 8.41. The Bertz CT molecular complexity index is 383. The van der Waals surface area contributed by atoms with E-state index in [1.54, 1.807) is 5.57 Å². The van der Waals surface area contributed by atoms with Crippen LogP contribution in [0.2, 0.25) is 0 Å². The molecule has 5 atom stereocenters. The molecule has 0 radical (unpaired) electrons. The maximum absolute atomic E-state index is 4.26. The Kier molecular flexibility index (Phi) is 3.84. The second kappa shape index (κ2) is 5.07. The molecule has 0 aromatic rings. The summed E-state index contributed by atoms with van der Waals surface area (Å²) in [7, 11) is 0. The maximum Gasteiger partial charge on any atom is 0.000813 e. The molecule has 2 rings (SSSR count). The van der Waals surface area contributed by atoms with Crippen molar-refractivity contribution in [1.82, 2.24) is 0 Å². The quantitative estimate of drug-likeness (QED) is 0.443. The third kappa shape index (κ3) is 2.96. The Morgan fingerprint density at radius 3 is 2.39 bits per heavy atom. The third-order valence-electron chi connectivity index (χ3n) is 5.04. The minimum Gasteiger partial charge on any atom is -0.0955 e. The first-order valence-corrected chi connectivity index (χ1v) is 7.47. The summed E-state index contributed by atoms with van der Waals surface area (Å²) in [6, 6.07) is 0. The fourth-order valence-corrected chi connectivity index (χ4v) is 3.08. The highest BCUT2D eigenvalue weighted by Gasteiger charge is 2.40. The molecule has 0 heterocycles. The van der Waals surface area contributed by atoms with Gasteiger partial charge in [0.05, 0.1) is 0 Å². The van der Waals surface area contributed by atoms with Crippen LogP contribution in [0.4, 0.5) is 0 Å². The Morgan fingerprint density at radius 1 is 1.33 bits per heavy atom. The van der Waals surface area contributed by atoms with Crippen molar-refractivity contribution in [3.05, 3.63) is 36.0 Å². The lowest BCUT2D eigenvalue weighted by molar-refractivity contribution is 0.421. The van der Waals surface area contributed by atoms with E-state index in [1.165, 1.54) is 12.0 Å². The van der Waals surface area contributed by atoms with Gasteiger partial charge in [-0.1, -0.05) is 63.6 Å². The van der Waals surface area contributed by atoms with Gasteiger partial charge in [-0.3, -0.25) is 0 Å². The van der Waals surface area contributed by atoms with Crippen molar-refractivity contribution in [1.29, 1.82) is 0 Å². The molecule has 1 fully saturated rings. The summed E-state index contributed by atoms with van der Waals surface area (Å²) in [5.41, 5.74) is 2.93. The maximum atomic E-state index is 4.26. The summed E-state index contributed by atoms with van der Waals surface area (Å²) in [4.78, 5) is 0.